The van der Waals surface area contributed by atoms with E-state index in [4.69, 9.17) is 13.9 Å². The number of fused-ring (bicyclic) bond motifs is 1. The van der Waals surface area contributed by atoms with Gasteiger partial charge in [0.25, 0.3) is 0 Å². The number of benzene rings is 3. The zero-order chi connectivity index (χ0) is 22.0. The number of rotatable bonds is 6. The summed E-state index contributed by atoms with van der Waals surface area (Å²) in [7, 11) is 1.35. The quantitative estimate of drug-likeness (QED) is 0.319. The number of aryl methyl sites for hydroxylation is 1. The van der Waals surface area contributed by atoms with Crippen LogP contribution < -0.4 is 15.1 Å². The van der Waals surface area contributed by atoms with Crippen LogP contribution in [0.25, 0.3) is 22.1 Å². The summed E-state index contributed by atoms with van der Waals surface area (Å²) in [5.74, 6) is -0.540. The van der Waals surface area contributed by atoms with Crippen LogP contribution >= 0.6 is 0 Å². The molecule has 1 heterocycles. The Morgan fingerprint density at radius 2 is 1.74 bits per heavy atom. The number of Topliss-reactive ketones (excluding diaryl/α,β-unsaturated/α-hetero) is 1. The average molecular weight is 418 g/mol. The maximum atomic E-state index is 13.9. The van der Waals surface area contributed by atoms with Crippen LogP contribution in [0.1, 0.15) is 15.9 Å². The number of halogens is 1. The highest BCUT2D eigenvalue weighted by atomic mass is 19.1. The van der Waals surface area contributed by atoms with Crippen LogP contribution in [-0.2, 0) is 0 Å². The first-order chi connectivity index (χ1) is 15.0. The Balaban J connectivity index is 1.63. The molecular weight excluding hydrogens is 399 g/mol. The van der Waals surface area contributed by atoms with E-state index in [9.17, 15) is 14.0 Å². The summed E-state index contributed by atoms with van der Waals surface area (Å²) in [4.78, 5) is 24.6. The van der Waals surface area contributed by atoms with Crippen LogP contribution in [0.4, 0.5) is 4.39 Å². The van der Waals surface area contributed by atoms with Gasteiger partial charge in [-0.1, -0.05) is 30.3 Å². The Hall–Kier alpha value is -3.93. The lowest BCUT2D eigenvalue weighted by atomic mass is 10.0. The topological polar surface area (TPSA) is 65.7 Å². The number of carbonyl (C=O) groups is 1. The zero-order valence-electron chi connectivity index (χ0n) is 17.0. The second-order valence-corrected chi connectivity index (χ2v) is 6.97. The van der Waals surface area contributed by atoms with E-state index in [-0.39, 0.29) is 23.7 Å². The molecule has 0 atom stereocenters. The minimum atomic E-state index is -0.620. The number of ether oxygens (including phenoxy) is 2. The summed E-state index contributed by atoms with van der Waals surface area (Å²) in [6.07, 6.45) is 0. The van der Waals surface area contributed by atoms with Crippen molar-refractivity contribution in [2.75, 3.05) is 13.7 Å². The minimum Gasteiger partial charge on any atom is -0.494 e. The molecule has 0 saturated carbocycles. The molecule has 6 heteroatoms. The highest BCUT2D eigenvalue weighted by Gasteiger charge is 2.15. The molecule has 0 saturated heterocycles. The van der Waals surface area contributed by atoms with Crippen LogP contribution in [0.5, 0.6) is 11.5 Å². The molecule has 1 aromatic heterocycles. The van der Waals surface area contributed by atoms with Crippen LogP contribution in [0, 0.1) is 12.7 Å². The highest BCUT2D eigenvalue weighted by molar-refractivity contribution is 5.98. The molecule has 156 valence electrons. The van der Waals surface area contributed by atoms with Crippen molar-refractivity contribution in [3.05, 3.63) is 94.1 Å². The largest absolute Gasteiger partial charge is 0.494 e. The van der Waals surface area contributed by atoms with Gasteiger partial charge in [-0.2, -0.15) is 0 Å². The van der Waals surface area contributed by atoms with Crippen molar-refractivity contribution < 1.29 is 23.1 Å². The summed E-state index contributed by atoms with van der Waals surface area (Å²) in [5, 5.41) is 0.763. The van der Waals surface area contributed by atoms with E-state index in [1.165, 1.54) is 25.3 Å². The molecule has 3 aromatic carbocycles. The van der Waals surface area contributed by atoms with Gasteiger partial charge in [0, 0.05) is 22.6 Å². The molecule has 0 aliphatic heterocycles. The van der Waals surface area contributed by atoms with Gasteiger partial charge in [-0.05, 0) is 48.4 Å². The van der Waals surface area contributed by atoms with E-state index in [0.717, 1.165) is 22.6 Å². The summed E-state index contributed by atoms with van der Waals surface area (Å²) >= 11 is 0. The molecule has 5 nitrogen and oxygen atoms in total. The van der Waals surface area contributed by atoms with Crippen LogP contribution in [0.3, 0.4) is 0 Å². The van der Waals surface area contributed by atoms with E-state index in [1.54, 1.807) is 19.1 Å². The third kappa shape index (κ3) is 4.05. The highest BCUT2D eigenvalue weighted by Crippen LogP contribution is 2.33. The van der Waals surface area contributed by atoms with E-state index < -0.39 is 11.4 Å². The number of hydrogen-bond acceptors (Lipinski definition) is 5. The molecular formula is C25H19FO5. The van der Waals surface area contributed by atoms with Gasteiger partial charge in [-0.3, -0.25) is 4.79 Å². The minimum absolute atomic E-state index is 0.0621. The molecule has 31 heavy (non-hydrogen) atoms. The van der Waals surface area contributed by atoms with Crippen molar-refractivity contribution in [2.24, 2.45) is 0 Å². The van der Waals surface area contributed by atoms with Crippen molar-refractivity contribution in [3.63, 3.8) is 0 Å². The van der Waals surface area contributed by atoms with E-state index in [2.05, 4.69) is 0 Å². The molecule has 0 aliphatic carbocycles. The SMILES string of the molecule is COc1ccc(C(=O)COc2ccc3c(-c4ccccc4)cc(=O)oc3c2C)cc1F. The Morgan fingerprint density at radius 3 is 2.45 bits per heavy atom. The fourth-order valence-electron chi connectivity index (χ4n) is 3.42. The fraction of sp³-hybridized carbons (Fsp3) is 0.120. The normalized spacial score (nSPS) is 10.8. The van der Waals surface area contributed by atoms with Crippen LogP contribution in [0.2, 0.25) is 0 Å². The van der Waals surface area contributed by atoms with Crippen molar-refractivity contribution in [1.29, 1.82) is 0 Å². The van der Waals surface area contributed by atoms with Gasteiger partial charge in [0.05, 0.1) is 7.11 Å². The van der Waals surface area contributed by atoms with Crippen molar-refractivity contribution >= 4 is 16.8 Å². The lowest BCUT2D eigenvalue weighted by molar-refractivity contribution is 0.0920. The van der Waals surface area contributed by atoms with Gasteiger partial charge in [0.1, 0.15) is 11.3 Å². The number of hydrogen-bond donors (Lipinski definition) is 0. The number of carbonyl (C=O) groups excluding carboxylic acids is 1. The van der Waals surface area contributed by atoms with E-state index in [0.29, 0.717) is 16.9 Å². The monoisotopic (exact) mass is 418 g/mol. The molecule has 0 spiro atoms. The lowest BCUT2D eigenvalue weighted by Gasteiger charge is -2.12. The second-order valence-electron chi connectivity index (χ2n) is 6.97. The van der Waals surface area contributed by atoms with Crippen molar-refractivity contribution in [3.8, 4) is 22.6 Å². The molecule has 4 aromatic rings. The Bertz CT molecular complexity index is 1330. The van der Waals surface area contributed by atoms with Gasteiger partial charge in [-0.15, -0.1) is 0 Å². The summed E-state index contributed by atoms with van der Waals surface area (Å²) in [5.41, 5.74) is 2.34. The van der Waals surface area contributed by atoms with Gasteiger partial charge >= 0.3 is 5.63 Å². The first-order valence-electron chi connectivity index (χ1n) is 9.60. The van der Waals surface area contributed by atoms with Crippen molar-refractivity contribution in [2.45, 2.75) is 6.92 Å². The van der Waals surface area contributed by atoms with E-state index >= 15 is 0 Å². The average Bonchev–Trinajstić information content (AvgIpc) is 2.79. The molecule has 0 N–H and O–H groups in total. The zero-order valence-corrected chi connectivity index (χ0v) is 17.0. The predicted molar refractivity (Wildman–Crippen MR) is 115 cm³/mol. The second kappa shape index (κ2) is 8.44. The number of methoxy groups -OCH3 is 1. The molecule has 0 unspecified atom stereocenters. The maximum Gasteiger partial charge on any atom is 0.336 e. The van der Waals surface area contributed by atoms with Crippen molar-refractivity contribution in [1.82, 2.24) is 0 Å². The smallest absolute Gasteiger partial charge is 0.336 e. The number of ketones is 1. The molecule has 0 bridgehead atoms. The standard InChI is InChI=1S/C25H19FO5/c1-15-22(30-14-21(27)17-8-10-23(29-2)20(26)12-17)11-9-18-19(13-24(28)31-25(15)18)16-6-4-3-5-7-16/h3-13H,14H2,1-2H3. The molecule has 4 rings (SSSR count). The van der Waals surface area contributed by atoms with Crippen LogP contribution in [0.15, 0.2) is 75.9 Å². The molecule has 0 aliphatic rings. The van der Waals surface area contributed by atoms with Gasteiger partial charge < -0.3 is 13.9 Å². The summed E-state index contributed by atoms with van der Waals surface area (Å²) < 4.78 is 29.9. The van der Waals surface area contributed by atoms with Gasteiger partial charge in [0.2, 0.25) is 0 Å². The molecule has 0 radical (unpaired) electrons. The van der Waals surface area contributed by atoms with Gasteiger partial charge in [0.15, 0.2) is 24.0 Å². The maximum absolute atomic E-state index is 13.9. The lowest BCUT2D eigenvalue weighted by Crippen LogP contribution is -2.12. The third-order valence-corrected chi connectivity index (χ3v) is 5.03. The molecule has 0 fully saturated rings. The summed E-state index contributed by atoms with van der Waals surface area (Å²) in [6.45, 7) is 1.47. The fourth-order valence-corrected chi connectivity index (χ4v) is 3.42. The first kappa shape index (κ1) is 20.3. The Morgan fingerprint density at radius 1 is 1.00 bits per heavy atom. The first-order valence-corrected chi connectivity index (χ1v) is 9.60. The summed E-state index contributed by atoms with van der Waals surface area (Å²) in [6, 6.07) is 18.5. The predicted octanol–water partition coefficient (Wildman–Crippen LogP) is 5.18. The van der Waals surface area contributed by atoms with Crippen LogP contribution in [-0.4, -0.2) is 19.5 Å². The van der Waals surface area contributed by atoms with E-state index in [1.807, 2.05) is 30.3 Å². The van der Waals surface area contributed by atoms with Gasteiger partial charge in [-0.25, -0.2) is 9.18 Å². The molecule has 0 amide bonds. The Labute approximate surface area is 177 Å². The third-order valence-electron chi connectivity index (χ3n) is 5.03. The Kier molecular flexibility index (Phi) is 5.54.